The Balaban J connectivity index is 2.16. The van der Waals surface area contributed by atoms with Crippen LogP contribution in [0, 0.1) is 28.6 Å². The third-order valence-corrected chi connectivity index (χ3v) is 9.16. The summed E-state index contributed by atoms with van der Waals surface area (Å²) >= 11 is 0. The van der Waals surface area contributed by atoms with Gasteiger partial charge in [0.15, 0.2) is 11.6 Å². The summed E-state index contributed by atoms with van der Waals surface area (Å²) in [5, 5.41) is 44.6. The molecule has 2 saturated carbocycles. The number of hydrogen-bond acceptors (Lipinski definition) is 8. The lowest BCUT2D eigenvalue weighted by atomic mass is 9.52. The van der Waals surface area contributed by atoms with Crippen LogP contribution in [0.15, 0.2) is 11.8 Å². The van der Waals surface area contributed by atoms with Crippen molar-refractivity contribution < 1.29 is 39.5 Å². The van der Waals surface area contributed by atoms with Crippen molar-refractivity contribution in [2.24, 2.45) is 28.6 Å². The molecule has 0 spiro atoms. The van der Waals surface area contributed by atoms with Crippen LogP contribution in [0.2, 0.25) is 0 Å². The second kappa shape index (κ2) is 8.67. The third-order valence-electron chi connectivity index (χ3n) is 9.16. The first-order valence-electron chi connectivity index (χ1n) is 12.7. The maximum Gasteiger partial charge on any atom is 0.319 e. The third kappa shape index (κ3) is 4.58. The second-order valence-corrected chi connectivity index (χ2v) is 12.6. The summed E-state index contributed by atoms with van der Waals surface area (Å²) in [6.07, 6.45) is 1.36. The van der Waals surface area contributed by atoms with Gasteiger partial charge >= 0.3 is 5.97 Å². The molecule has 0 aromatic rings. The lowest BCUT2D eigenvalue weighted by Crippen LogP contribution is -2.58. The highest BCUT2D eigenvalue weighted by atomic mass is 16.6. The van der Waals surface area contributed by atoms with Gasteiger partial charge in [0.05, 0.1) is 22.2 Å². The topological polar surface area (TPSA) is 141 Å². The molecule has 0 aromatic heterocycles. The first-order chi connectivity index (χ1) is 15.8. The number of allylic oxidation sites excluding steroid dienone is 2. The predicted octanol–water partition coefficient (Wildman–Crippen LogP) is 3.01. The van der Waals surface area contributed by atoms with Crippen LogP contribution in [-0.2, 0) is 19.1 Å². The molecule has 8 atom stereocenters. The average Bonchev–Trinajstić information content (AvgIpc) is 3.22. The number of rotatable bonds is 7. The van der Waals surface area contributed by atoms with Crippen LogP contribution in [0.25, 0.3) is 0 Å². The number of aliphatic hydroxyl groups is 4. The van der Waals surface area contributed by atoms with Crippen LogP contribution < -0.4 is 0 Å². The van der Waals surface area contributed by atoms with Crippen molar-refractivity contribution in [2.45, 2.75) is 110 Å². The monoisotopic (exact) mass is 494 g/mol. The molecule has 8 nitrogen and oxygen atoms in total. The number of carbonyl (C=O) groups is 3. The Hall–Kier alpha value is -1.77. The summed E-state index contributed by atoms with van der Waals surface area (Å²) in [6.45, 7) is 11.2. The van der Waals surface area contributed by atoms with Gasteiger partial charge in [-0.2, -0.15) is 0 Å². The fraction of sp³-hybridized carbons (Fsp3) is 0.815. The molecule has 2 aliphatic carbocycles. The molecule has 1 aliphatic heterocycles. The summed E-state index contributed by atoms with van der Waals surface area (Å²) < 4.78 is 5.40. The smallest absolute Gasteiger partial charge is 0.319 e. The molecular formula is C27H42O8. The van der Waals surface area contributed by atoms with Crippen molar-refractivity contribution in [3.05, 3.63) is 11.8 Å². The van der Waals surface area contributed by atoms with Crippen molar-refractivity contribution >= 4 is 17.5 Å². The molecule has 198 valence electrons. The molecule has 3 aliphatic rings. The van der Waals surface area contributed by atoms with E-state index in [4.69, 9.17) is 4.74 Å². The number of ether oxygens (including phenoxy) is 1. The molecule has 8 heteroatoms. The molecule has 0 amide bonds. The maximum atomic E-state index is 14.4. The van der Waals surface area contributed by atoms with E-state index in [1.165, 1.54) is 20.8 Å². The second-order valence-electron chi connectivity index (χ2n) is 12.6. The number of hydrogen-bond donors (Lipinski definition) is 4. The minimum atomic E-state index is -1.77. The zero-order chi connectivity index (χ0) is 26.8. The van der Waals surface area contributed by atoms with E-state index >= 15 is 0 Å². The van der Waals surface area contributed by atoms with E-state index in [1.807, 2.05) is 6.92 Å². The Morgan fingerprint density at radius 3 is 2.26 bits per heavy atom. The van der Waals surface area contributed by atoms with Gasteiger partial charge in [0.2, 0.25) is 0 Å². The van der Waals surface area contributed by atoms with Gasteiger partial charge in [0, 0.05) is 18.4 Å². The van der Waals surface area contributed by atoms with Gasteiger partial charge < -0.3 is 25.2 Å². The molecule has 0 aromatic carbocycles. The lowest BCUT2D eigenvalue weighted by molar-refractivity contribution is -0.168. The molecule has 35 heavy (non-hydrogen) atoms. The van der Waals surface area contributed by atoms with E-state index in [0.29, 0.717) is 19.3 Å². The number of aliphatic hydroxyl groups excluding tert-OH is 1. The predicted molar refractivity (Wildman–Crippen MR) is 128 cm³/mol. The molecule has 0 unspecified atom stereocenters. The lowest BCUT2D eigenvalue weighted by Gasteiger charge is -2.52. The van der Waals surface area contributed by atoms with E-state index in [2.05, 4.69) is 0 Å². The average molecular weight is 495 g/mol. The number of esters is 1. The Kier molecular flexibility index (Phi) is 6.89. The fourth-order valence-electron chi connectivity index (χ4n) is 6.53. The molecule has 3 fully saturated rings. The Morgan fingerprint density at radius 2 is 1.74 bits per heavy atom. The molecule has 1 saturated heterocycles. The largest absolute Gasteiger partial charge is 0.511 e. The fourth-order valence-corrected chi connectivity index (χ4v) is 6.53. The number of Topliss-reactive ketones (excluding diaryl/α,β-unsaturated/α-hetero) is 1. The summed E-state index contributed by atoms with van der Waals surface area (Å²) in [5.74, 6) is -3.54. The Morgan fingerprint density at radius 1 is 1.14 bits per heavy atom. The first kappa shape index (κ1) is 27.8. The molecule has 3 rings (SSSR count). The minimum absolute atomic E-state index is 0.00811. The van der Waals surface area contributed by atoms with Gasteiger partial charge in [-0.15, -0.1) is 0 Å². The molecule has 4 N–H and O–H groups in total. The molecule has 0 bridgehead atoms. The van der Waals surface area contributed by atoms with E-state index in [-0.39, 0.29) is 36.9 Å². The summed E-state index contributed by atoms with van der Waals surface area (Å²) in [6, 6.07) is 0. The van der Waals surface area contributed by atoms with Gasteiger partial charge in [0.1, 0.15) is 17.3 Å². The van der Waals surface area contributed by atoms with Crippen LogP contribution in [0.5, 0.6) is 0 Å². The summed E-state index contributed by atoms with van der Waals surface area (Å²) in [7, 11) is 0. The minimum Gasteiger partial charge on any atom is -0.511 e. The number of ketones is 2. The summed E-state index contributed by atoms with van der Waals surface area (Å²) in [5.41, 5.74) is -7.49. The molecule has 0 radical (unpaired) electrons. The van der Waals surface area contributed by atoms with E-state index in [0.717, 1.165) is 6.08 Å². The molecule has 1 heterocycles. The van der Waals surface area contributed by atoms with Crippen molar-refractivity contribution in [3.8, 4) is 0 Å². The van der Waals surface area contributed by atoms with Crippen molar-refractivity contribution in [2.75, 3.05) is 0 Å². The van der Waals surface area contributed by atoms with Gasteiger partial charge in [-0.25, -0.2) is 0 Å². The zero-order valence-electron chi connectivity index (χ0n) is 22.1. The Labute approximate surface area is 207 Å². The standard InChI is InChI=1S/C27H42O8/c1-8-15(2)18(28)11-19(29)27(12-17-16(26(7,34)14-27)9-10-25(17,6)33)21(30)24(5)13-20(23(3,4)32)35-22(24)31/h11,15-17,20,29,32-34H,8-10,12-14H2,1-7H3/t15-,16+,17-,20+,24+,25+,26+,27-/m1/s1. The maximum absolute atomic E-state index is 14.4. The highest BCUT2D eigenvalue weighted by molar-refractivity contribution is 6.09. The van der Waals surface area contributed by atoms with Gasteiger partial charge in [-0.05, 0) is 78.6 Å². The summed E-state index contributed by atoms with van der Waals surface area (Å²) in [4.78, 5) is 40.2. The zero-order valence-corrected chi connectivity index (χ0v) is 22.1. The van der Waals surface area contributed by atoms with Crippen molar-refractivity contribution in [1.29, 1.82) is 0 Å². The van der Waals surface area contributed by atoms with Crippen LogP contribution >= 0.6 is 0 Å². The number of cyclic esters (lactones) is 1. The quantitative estimate of drug-likeness (QED) is 0.183. The van der Waals surface area contributed by atoms with Gasteiger partial charge in [0.25, 0.3) is 0 Å². The first-order valence-corrected chi connectivity index (χ1v) is 12.7. The van der Waals surface area contributed by atoms with Crippen LogP contribution in [0.3, 0.4) is 0 Å². The van der Waals surface area contributed by atoms with Crippen molar-refractivity contribution in [3.63, 3.8) is 0 Å². The van der Waals surface area contributed by atoms with E-state index in [9.17, 15) is 34.8 Å². The van der Waals surface area contributed by atoms with Crippen LogP contribution in [-0.4, -0.2) is 60.9 Å². The van der Waals surface area contributed by atoms with E-state index in [1.54, 1.807) is 20.8 Å². The highest BCUT2D eigenvalue weighted by Gasteiger charge is 2.67. The highest BCUT2D eigenvalue weighted by Crippen LogP contribution is 2.61. The van der Waals surface area contributed by atoms with E-state index < -0.39 is 57.2 Å². The molecular weight excluding hydrogens is 452 g/mol. The van der Waals surface area contributed by atoms with Crippen LogP contribution in [0.4, 0.5) is 0 Å². The SMILES string of the molecule is CC[C@@H](C)C(=O)C=C(O)[C@@]1(C(=O)[C@]2(C)C[C@@H](C(C)(C)O)OC2=O)C[C@@H]2[C@H](CC[C@]2(C)O)[C@@](C)(O)C1. The number of carbonyl (C=O) groups excluding carboxylic acids is 3. The van der Waals surface area contributed by atoms with Crippen molar-refractivity contribution in [1.82, 2.24) is 0 Å². The van der Waals surface area contributed by atoms with Gasteiger partial charge in [-0.3, -0.25) is 14.4 Å². The van der Waals surface area contributed by atoms with Gasteiger partial charge in [-0.1, -0.05) is 13.8 Å². The Bertz CT molecular complexity index is 926. The van der Waals surface area contributed by atoms with Crippen LogP contribution in [0.1, 0.15) is 87.0 Å². The number of fused-ring (bicyclic) bond motifs is 1. The normalized spacial score (nSPS) is 43.0.